The lowest BCUT2D eigenvalue weighted by atomic mass is 10.1. The van der Waals surface area contributed by atoms with E-state index in [1.165, 1.54) is 0 Å². The van der Waals surface area contributed by atoms with Crippen LogP contribution in [0.2, 0.25) is 0 Å². The lowest BCUT2D eigenvalue weighted by molar-refractivity contribution is -0.264. The van der Waals surface area contributed by atoms with Gasteiger partial charge in [0.15, 0.2) is 0 Å². The fraction of sp³-hybridized carbons (Fsp3) is 0.667. The van der Waals surface area contributed by atoms with Crippen LogP contribution in [0.25, 0.3) is 0 Å². The van der Waals surface area contributed by atoms with Gasteiger partial charge >= 0.3 is 12.1 Å². The topological polar surface area (TPSA) is 0 Å². The van der Waals surface area contributed by atoms with Crippen LogP contribution in [0.1, 0.15) is 13.8 Å². The summed E-state index contributed by atoms with van der Waals surface area (Å²) < 4.78 is 58.7. The second kappa shape index (κ2) is 2.79. The summed E-state index contributed by atoms with van der Waals surface area (Å²) in [6.07, 6.45) is -4.74. The van der Waals surface area contributed by atoms with Gasteiger partial charge in [-0.25, -0.2) is 0 Å². The molecule has 0 spiro atoms. The van der Waals surface area contributed by atoms with Gasteiger partial charge in [-0.2, -0.15) is 22.0 Å². The quantitative estimate of drug-likeness (QED) is 0.423. The van der Waals surface area contributed by atoms with Gasteiger partial charge in [-0.1, -0.05) is 6.08 Å². The van der Waals surface area contributed by atoms with Crippen LogP contribution in [-0.2, 0) is 0 Å². The lowest BCUT2D eigenvalue weighted by Crippen LogP contribution is -2.37. The van der Waals surface area contributed by atoms with Crippen LogP contribution >= 0.6 is 0 Å². The third-order valence-electron chi connectivity index (χ3n) is 1.28. The number of rotatable bonds is 1. The van der Waals surface area contributed by atoms with Crippen molar-refractivity contribution in [3.8, 4) is 0 Å². The van der Waals surface area contributed by atoms with Crippen LogP contribution in [0, 0.1) is 0 Å². The lowest BCUT2D eigenvalue weighted by Gasteiger charge is -2.19. The highest BCUT2D eigenvalue weighted by molar-refractivity contribution is 5.11. The zero-order valence-corrected chi connectivity index (χ0v) is 5.97. The van der Waals surface area contributed by atoms with Crippen molar-refractivity contribution >= 4 is 0 Å². The Bertz CT molecular complexity index is 164. The van der Waals surface area contributed by atoms with Crippen molar-refractivity contribution in [1.82, 2.24) is 0 Å². The van der Waals surface area contributed by atoms with Crippen LogP contribution in [0.4, 0.5) is 22.0 Å². The van der Waals surface area contributed by atoms with Gasteiger partial charge in [0, 0.05) is 5.57 Å². The first kappa shape index (κ1) is 10.4. The minimum Gasteiger partial charge on any atom is -0.191 e. The molecule has 66 valence electrons. The second-order valence-electron chi connectivity index (χ2n) is 2.04. The van der Waals surface area contributed by atoms with E-state index >= 15 is 0 Å². The van der Waals surface area contributed by atoms with Gasteiger partial charge in [0.05, 0.1) is 0 Å². The summed E-state index contributed by atoms with van der Waals surface area (Å²) in [6.45, 7) is 1.88. The van der Waals surface area contributed by atoms with Gasteiger partial charge in [0.25, 0.3) is 0 Å². The monoisotopic (exact) mass is 174 g/mol. The van der Waals surface area contributed by atoms with E-state index in [2.05, 4.69) is 0 Å². The maximum atomic E-state index is 12.1. The Morgan fingerprint density at radius 1 is 1.09 bits per heavy atom. The Hall–Kier alpha value is -0.610. The van der Waals surface area contributed by atoms with Crippen LogP contribution in [0.3, 0.4) is 0 Å². The third-order valence-corrected chi connectivity index (χ3v) is 1.28. The molecule has 0 aliphatic rings. The summed E-state index contributed by atoms with van der Waals surface area (Å²) in [6, 6.07) is 0. The van der Waals surface area contributed by atoms with Crippen molar-refractivity contribution < 1.29 is 22.0 Å². The zero-order chi connectivity index (χ0) is 9.28. The molecule has 11 heavy (non-hydrogen) atoms. The molecule has 0 rings (SSSR count). The molecule has 0 saturated carbocycles. The minimum atomic E-state index is -5.48. The van der Waals surface area contributed by atoms with E-state index in [-0.39, 0.29) is 0 Å². The van der Waals surface area contributed by atoms with Crippen molar-refractivity contribution in [1.29, 1.82) is 0 Å². The van der Waals surface area contributed by atoms with E-state index in [0.717, 1.165) is 19.9 Å². The molecule has 0 amide bonds. The summed E-state index contributed by atoms with van der Waals surface area (Å²) in [4.78, 5) is 0. The third kappa shape index (κ3) is 1.91. The summed E-state index contributed by atoms with van der Waals surface area (Å²) in [5.74, 6) is -4.69. The fourth-order valence-corrected chi connectivity index (χ4v) is 0.405. The molecule has 0 fully saturated rings. The first-order valence-electron chi connectivity index (χ1n) is 2.81. The van der Waals surface area contributed by atoms with Crippen molar-refractivity contribution in [3.05, 3.63) is 11.6 Å². The Balaban J connectivity index is 4.74. The molecule has 0 aromatic rings. The Morgan fingerprint density at radius 2 is 1.45 bits per heavy atom. The first-order chi connectivity index (χ1) is 4.73. The van der Waals surface area contributed by atoms with Gasteiger partial charge in [-0.05, 0) is 13.8 Å². The maximum Gasteiger partial charge on any atom is 0.457 e. The number of hydrogen-bond acceptors (Lipinski definition) is 0. The summed E-state index contributed by atoms with van der Waals surface area (Å²) in [5, 5.41) is 0. The van der Waals surface area contributed by atoms with Gasteiger partial charge in [0.2, 0.25) is 0 Å². The molecular formula is C6H7F5. The molecule has 0 aromatic heterocycles. The van der Waals surface area contributed by atoms with Crippen molar-refractivity contribution in [2.24, 2.45) is 0 Å². The van der Waals surface area contributed by atoms with Crippen molar-refractivity contribution in [2.45, 2.75) is 25.9 Å². The fourth-order valence-electron chi connectivity index (χ4n) is 0.405. The summed E-state index contributed by atoms with van der Waals surface area (Å²) in [5.41, 5.74) is -0.981. The molecule has 0 saturated heterocycles. The second-order valence-corrected chi connectivity index (χ2v) is 2.04. The van der Waals surface area contributed by atoms with Crippen LogP contribution in [-0.4, -0.2) is 12.1 Å². The number of halogens is 5. The molecule has 0 aliphatic heterocycles. The zero-order valence-electron chi connectivity index (χ0n) is 5.97. The highest BCUT2D eigenvalue weighted by atomic mass is 19.4. The molecule has 0 unspecified atom stereocenters. The predicted molar refractivity (Wildman–Crippen MR) is 30.4 cm³/mol. The SMILES string of the molecule is CC=C(C)C(F)(F)C(F)(F)F. The summed E-state index contributed by atoms with van der Waals surface area (Å²) >= 11 is 0. The molecule has 5 heteroatoms. The van der Waals surface area contributed by atoms with Crippen LogP contribution < -0.4 is 0 Å². The Morgan fingerprint density at radius 3 is 1.55 bits per heavy atom. The molecule has 0 nitrogen and oxygen atoms in total. The molecule has 0 aliphatic carbocycles. The van der Waals surface area contributed by atoms with Gasteiger partial charge in [-0.15, -0.1) is 0 Å². The van der Waals surface area contributed by atoms with E-state index in [4.69, 9.17) is 0 Å². The molecule has 0 N–H and O–H groups in total. The van der Waals surface area contributed by atoms with Crippen LogP contribution in [0.5, 0.6) is 0 Å². The molecule has 0 radical (unpaired) electrons. The van der Waals surface area contributed by atoms with Crippen molar-refractivity contribution in [3.63, 3.8) is 0 Å². The largest absolute Gasteiger partial charge is 0.457 e. The summed E-state index contributed by atoms with van der Waals surface area (Å²) in [7, 11) is 0. The van der Waals surface area contributed by atoms with E-state index in [9.17, 15) is 22.0 Å². The van der Waals surface area contributed by atoms with Crippen LogP contribution in [0.15, 0.2) is 11.6 Å². The smallest absolute Gasteiger partial charge is 0.191 e. The predicted octanol–water partition coefficient (Wildman–Crippen LogP) is 3.15. The molecule has 0 heterocycles. The number of hydrogen-bond donors (Lipinski definition) is 0. The highest BCUT2D eigenvalue weighted by Crippen LogP contribution is 2.40. The Labute approximate surface area is 60.7 Å². The Kier molecular flexibility index (Phi) is 2.64. The first-order valence-corrected chi connectivity index (χ1v) is 2.81. The average Bonchev–Trinajstić information content (AvgIpc) is 1.83. The molecule has 0 aromatic carbocycles. The standard InChI is InChI=1S/C6H7F5/c1-3-4(2)5(7,8)6(9,10)11/h3H,1-2H3. The molecule has 0 atom stereocenters. The number of alkyl halides is 5. The average molecular weight is 174 g/mol. The minimum absolute atomic E-state index is 0.744. The van der Waals surface area contributed by atoms with E-state index in [1.807, 2.05) is 0 Å². The maximum absolute atomic E-state index is 12.1. The van der Waals surface area contributed by atoms with Gasteiger partial charge < -0.3 is 0 Å². The highest BCUT2D eigenvalue weighted by Gasteiger charge is 2.58. The normalized spacial score (nSPS) is 15.4. The molecule has 0 bridgehead atoms. The van der Waals surface area contributed by atoms with E-state index in [1.54, 1.807) is 0 Å². The van der Waals surface area contributed by atoms with Gasteiger partial charge in [-0.3, -0.25) is 0 Å². The van der Waals surface area contributed by atoms with E-state index in [0.29, 0.717) is 0 Å². The van der Waals surface area contributed by atoms with Crippen molar-refractivity contribution in [2.75, 3.05) is 0 Å². The molecular weight excluding hydrogens is 167 g/mol. The van der Waals surface area contributed by atoms with Gasteiger partial charge in [0.1, 0.15) is 0 Å². The number of allylic oxidation sites excluding steroid dienone is 2. The van der Waals surface area contributed by atoms with E-state index < -0.39 is 17.7 Å².